The first-order chi connectivity index (χ1) is 3.12. The molecular weight excluding hydrogens is 150 g/mol. The minimum absolute atomic E-state index is 0.255. The predicted octanol–water partition coefficient (Wildman–Crippen LogP) is -4.48. The third kappa shape index (κ3) is 3.41. The first-order valence-corrected chi connectivity index (χ1v) is 15.6. The van der Waals surface area contributed by atoms with E-state index in [4.69, 9.17) is 5.73 Å². The van der Waals surface area contributed by atoms with Gasteiger partial charge < -0.3 is 5.73 Å². The van der Waals surface area contributed by atoms with Crippen LogP contribution in [-0.2, 0) is 0 Å². The summed E-state index contributed by atoms with van der Waals surface area (Å²) in [5.74, 6) is 0. The molecule has 0 aliphatic heterocycles. The monoisotopic (exact) mass is 165 g/mol. The molecule has 44 valence electrons. The second-order valence-electron chi connectivity index (χ2n) is 2.36. The van der Waals surface area contributed by atoms with E-state index in [0.29, 0.717) is 4.79 Å². The highest BCUT2D eigenvalue weighted by atomic mass is 29.1. The summed E-state index contributed by atoms with van der Waals surface area (Å²) < 4.78 is 0. The van der Waals surface area contributed by atoms with E-state index in [1.807, 2.05) is 0 Å². The van der Waals surface area contributed by atoms with Crippen LogP contribution in [0.1, 0.15) is 6.92 Å². The van der Waals surface area contributed by atoms with Crippen molar-refractivity contribution in [2.75, 3.05) is 0 Å². The molecule has 0 aromatic carbocycles. The lowest BCUT2D eigenvalue weighted by molar-refractivity contribution is 0.922. The largest absolute Gasteiger partial charge is 0.332 e. The van der Waals surface area contributed by atoms with Gasteiger partial charge >= 0.3 is 0 Å². The zero-order valence-electron chi connectivity index (χ0n) is 5.49. The maximum Gasteiger partial charge on any atom is 0.0233 e. The van der Waals surface area contributed by atoms with Crippen molar-refractivity contribution in [1.82, 2.24) is 0 Å². The quantitative estimate of drug-likeness (QED) is 0.411. The molecule has 0 aromatic rings. The summed E-state index contributed by atoms with van der Waals surface area (Å²) in [6.07, 6.45) is 0. The van der Waals surface area contributed by atoms with Gasteiger partial charge in [-0.3, -0.25) is 0 Å². The molecule has 5 heteroatoms. The molecule has 0 fully saturated rings. The normalized spacial score (nSPS) is 23.1. The summed E-state index contributed by atoms with van der Waals surface area (Å²) in [5.41, 5.74) is 5.91. The molecule has 0 heterocycles. The molecule has 0 saturated carbocycles. The Bertz CT molecular complexity index is 47.7. The Labute approximate surface area is 55.5 Å². The van der Waals surface area contributed by atoms with E-state index in [0.717, 1.165) is 0 Å². The highest BCUT2D eigenvalue weighted by Gasteiger charge is 2.10. The van der Waals surface area contributed by atoms with Gasteiger partial charge in [0.25, 0.3) is 0 Å². The highest BCUT2D eigenvalue weighted by molar-refractivity contribution is 7.05. The van der Waals surface area contributed by atoms with Crippen LogP contribution in [0.3, 0.4) is 0 Å². The maximum atomic E-state index is 5.91. The van der Waals surface area contributed by atoms with Gasteiger partial charge in [0, 0.05) is 18.1 Å². The van der Waals surface area contributed by atoms with Crippen molar-refractivity contribution in [2.45, 2.75) is 11.7 Å². The Morgan fingerprint density at radius 2 is 1.71 bits per heavy atom. The van der Waals surface area contributed by atoms with Gasteiger partial charge in [0.1, 0.15) is 0 Å². The molecule has 0 bridgehead atoms. The van der Waals surface area contributed by atoms with Gasteiger partial charge in [0.05, 0.1) is 0 Å². The van der Waals surface area contributed by atoms with Crippen molar-refractivity contribution in [1.29, 1.82) is 0 Å². The van der Waals surface area contributed by atoms with Crippen molar-refractivity contribution in [3.8, 4) is 0 Å². The molecule has 0 saturated heterocycles. The Morgan fingerprint density at radius 3 is 1.71 bits per heavy atom. The van der Waals surface area contributed by atoms with Crippen LogP contribution >= 0.6 is 0 Å². The van der Waals surface area contributed by atoms with Crippen LogP contribution in [0.4, 0.5) is 0 Å². The van der Waals surface area contributed by atoms with Crippen molar-refractivity contribution >= 4 is 37.6 Å². The van der Waals surface area contributed by atoms with Crippen molar-refractivity contribution in [3.05, 3.63) is 0 Å². The fourth-order valence-corrected chi connectivity index (χ4v) is 20.2. The van der Waals surface area contributed by atoms with Crippen molar-refractivity contribution in [2.24, 2.45) is 5.73 Å². The maximum absolute atomic E-state index is 5.91. The summed E-state index contributed by atoms with van der Waals surface area (Å²) in [4.78, 5) is 0.485. The van der Waals surface area contributed by atoms with Crippen molar-refractivity contribution in [3.63, 3.8) is 0 Å². The Balaban J connectivity index is 3.36. The summed E-state index contributed by atoms with van der Waals surface area (Å²) >= 11 is 0. The van der Waals surface area contributed by atoms with Crippen molar-refractivity contribution < 1.29 is 0 Å². The van der Waals surface area contributed by atoms with Gasteiger partial charge in [-0.05, 0) is 24.3 Å². The molecule has 0 aromatic heterocycles. The second-order valence-corrected chi connectivity index (χ2v) is 12.2. The highest BCUT2D eigenvalue weighted by Crippen LogP contribution is 1.85. The van der Waals surface area contributed by atoms with E-state index in [9.17, 15) is 0 Å². The average Bonchev–Trinajstić information content (AvgIpc) is 1.68. The zero-order chi connectivity index (χ0) is 5.91. The Hall–Kier alpha value is 0.828. The fraction of sp³-hybridized carbons (Fsp3) is 1.00. The van der Waals surface area contributed by atoms with E-state index in [1.165, 1.54) is 19.5 Å². The molecule has 0 radical (unpaired) electrons. The summed E-state index contributed by atoms with van der Waals surface area (Å²) in [6, 6.07) is 0. The van der Waals surface area contributed by atoms with E-state index in [-0.39, 0.29) is 18.1 Å². The standard InChI is InChI=1S/C2H15NSi4/c1-2(3,6-4)7-5/h3,6-7H2,1,4-5H3. The molecule has 0 unspecified atom stereocenters. The minimum Gasteiger partial charge on any atom is -0.332 e. The first kappa shape index (κ1) is 7.83. The third-order valence-corrected chi connectivity index (χ3v) is 23.5. The Morgan fingerprint density at radius 1 is 1.43 bits per heavy atom. The van der Waals surface area contributed by atoms with Crippen LogP contribution in [0.25, 0.3) is 0 Å². The SMILES string of the molecule is CC(N)([SiH2][SiH3])[SiH2][SiH3]. The predicted molar refractivity (Wildman–Crippen MR) is 49.6 cm³/mol. The van der Waals surface area contributed by atoms with Gasteiger partial charge in [-0.25, -0.2) is 0 Å². The van der Waals surface area contributed by atoms with Gasteiger partial charge in [0.2, 0.25) is 0 Å². The number of hydrogen-bond donors (Lipinski definition) is 1. The van der Waals surface area contributed by atoms with Gasteiger partial charge in [-0.15, -0.1) is 0 Å². The number of rotatable bonds is 2. The lowest BCUT2D eigenvalue weighted by atomic mass is 10.8. The van der Waals surface area contributed by atoms with Crippen LogP contribution in [-0.4, -0.2) is 42.4 Å². The molecule has 0 aliphatic carbocycles. The van der Waals surface area contributed by atoms with Gasteiger partial charge in [-0.2, -0.15) is 0 Å². The van der Waals surface area contributed by atoms with Crippen LogP contribution in [0.15, 0.2) is 0 Å². The van der Waals surface area contributed by atoms with Gasteiger partial charge in [0.15, 0.2) is 0 Å². The summed E-state index contributed by atoms with van der Waals surface area (Å²) in [5, 5.41) is 0. The summed E-state index contributed by atoms with van der Waals surface area (Å²) in [7, 11) is 3.37. The second kappa shape index (κ2) is 2.98. The molecule has 2 N–H and O–H groups in total. The van der Waals surface area contributed by atoms with Gasteiger partial charge in [-0.1, -0.05) is 6.92 Å². The molecule has 0 amide bonds. The smallest absolute Gasteiger partial charge is 0.0233 e. The lowest BCUT2D eigenvalue weighted by Gasteiger charge is -2.18. The molecule has 0 aliphatic rings. The van der Waals surface area contributed by atoms with Crippen LogP contribution in [0, 0.1) is 0 Å². The van der Waals surface area contributed by atoms with Crippen LogP contribution < -0.4 is 5.73 Å². The molecule has 0 rings (SSSR count). The lowest BCUT2D eigenvalue weighted by Crippen LogP contribution is -2.49. The topological polar surface area (TPSA) is 26.0 Å². The number of hydrogen-bond acceptors (Lipinski definition) is 1. The molecule has 0 atom stereocenters. The third-order valence-electron chi connectivity index (χ3n) is 1.62. The molecule has 7 heavy (non-hydrogen) atoms. The van der Waals surface area contributed by atoms with E-state index >= 15 is 0 Å². The molecular formula is C2H15NSi4. The number of nitrogens with two attached hydrogens (primary N) is 1. The average molecular weight is 165 g/mol. The van der Waals surface area contributed by atoms with Crippen LogP contribution in [0.2, 0.25) is 0 Å². The van der Waals surface area contributed by atoms with E-state index < -0.39 is 0 Å². The zero-order valence-corrected chi connectivity index (χ0v) is 12.3. The van der Waals surface area contributed by atoms with E-state index in [1.54, 1.807) is 0 Å². The van der Waals surface area contributed by atoms with E-state index in [2.05, 4.69) is 6.92 Å². The summed E-state index contributed by atoms with van der Waals surface area (Å²) in [6.45, 7) is 2.27. The fourth-order valence-electron chi connectivity index (χ4n) is 0.250. The van der Waals surface area contributed by atoms with Crippen LogP contribution in [0.5, 0.6) is 0 Å². The first-order valence-electron chi connectivity index (χ1n) is 2.91. The molecule has 0 spiro atoms. The minimum atomic E-state index is 0.255. The molecule has 1 nitrogen and oxygen atoms in total. The Kier molecular flexibility index (Phi) is 3.33.